The summed E-state index contributed by atoms with van der Waals surface area (Å²) in [4.78, 5) is 3.56. The minimum atomic E-state index is -0.348. The zero-order valence-corrected chi connectivity index (χ0v) is 13.1. The molecule has 23 heavy (non-hydrogen) atoms. The average molecular weight is 308 g/mol. The zero-order chi connectivity index (χ0) is 15.9. The number of H-pyrrole nitrogens is 1. The maximum Gasteiger partial charge on any atom is 0.123 e. The van der Waals surface area contributed by atoms with Crippen LogP contribution in [0.4, 0.5) is 4.39 Å². The maximum atomic E-state index is 13.4. The summed E-state index contributed by atoms with van der Waals surface area (Å²) in [6, 6.07) is 15.2. The van der Waals surface area contributed by atoms with Crippen LogP contribution in [0.5, 0.6) is 0 Å². The summed E-state index contributed by atoms with van der Waals surface area (Å²) in [6.07, 6.45) is 4.79. The Bertz CT molecular complexity index is 852. The fourth-order valence-electron chi connectivity index (χ4n) is 3.90. The largest absolute Gasteiger partial charge is 0.357 e. The lowest BCUT2D eigenvalue weighted by molar-refractivity contribution is 0.339. The molecule has 0 saturated carbocycles. The third-order valence-corrected chi connectivity index (χ3v) is 5.11. The molecule has 0 amide bonds. The molecule has 0 spiro atoms. The van der Waals surface area contributed by atoms with Crippen LogP contribution in [0.25, 0.3) is 10.9 Å². The molecule has 1 aromatic heterocycles. The number of aryl methyl sites for hydroxylation is 2. The molecule has 1 aliphatic carbocycles. The van der Waals surface area contributed by atoms with Gasteiger partial charge in [-0.15, -0.1) is 0 Å². The van der Waals surface area contributed by atoms with Gasteiger partial charge in [-0.25, -0.2) is 4.39 Å². The van der Waals surface area contributed by atoms with Crippen molar-refractivity contribution in [1.29, 1.82) is 0 Å². The number of hydrogen-bond donors (Lipinski definition) is 2. The van der Waals surface area contributed by atoms with Crippen molar-refractivity contribution in [1.82, 2.24) is 4.98 Å². The Kier molecular flexibility index (Phi) is 3.46. The Balaban J connectivity index is 1.67. The highest BCUT2D eigenvalue weighted by molar-refractivity contribution is 5.85. The number of rotatable bonds is 3. The van der Waals surface area contributed by atoms with Crippen LogP contribution in [0.3, 0.4) is 0 Å². The standard InChI is InChI=1S/C20H21FN2/c21-15-6-3-5-14(13-15)10-12-20(22)11-4-8-17-16-7-1-2-9-18(16)23-19(17)20/h1-3,5-7,9,13,23H,4,8,10-12,22H2. The lowest BCUT2D eigenvalue weighted by atomic mass is 9.77. The molecule has 0 aliphatic heterocycles. The normalized spacial score (nSPS) is 20.6. The van der Waals surface area contributed by atoms with E-state index in [1.54, 1.807) is 12.1 Å². The number of aromatic nitrogens is 1. The number of nitrogens with one attached hydrogen (secondary N) is 1. The van der Waals surface area contributed by atoms with Gasteiger partial charge >= 0.3 is 0 Å². The Hall–Kier alpha value is -2.13. The molecule has 0 radical (unpaired) electrons. The van der Waals surface area contributed by atoms with Crippen LogP contribution in [-0.2, 0) is 18.4 Å². The van der Waals surface area contributed by atoms with Crippen molar-refractivity contribution in [3.8, 4) is 0 Å². The average Bonchev–Trinajstić information content (AvgIpc) is 2.94. The van der Waals surface area contributed by atoms with Crippen LogP contribution in [-0.4, -0.2) is 4.98 Å². The lowest BCUT2D eigenvalue weighted by Crippen LogP contribution is -2.40. The third-order valence-electron chi connectivity index (χ3n) is 5.11. The molecule has 1 atom stereocenters. The van der Waals surface area contributed by atoms with Crippen molar-refractivity contribution in [3.05, 3.63) is 71.2 Å². The van der Waals surface area contributed by atoms with Gasteiger partial charge < -0.3 is 10.7 Å². The molecule has 3 heteroatoms. The Morgan fingerprint density at radius 2 is 2.00 bits per heavy atom. The van der Waals surface area contributed by atoms with Crippen LogP contribution >= 0.6 is 0 Å². The van der Waals surface area contributed by atoms with Crippen molar-refractivity contribution in [2.45, 2.75) is 37.6 Å². The van der Waals surface area contributed by atoms with Gasteiger partial charge in [0.25, 0.3) is 0 Å². The molecule has 1 aliphatic rings. The Labute approximate surface area is 135 Å². The van der Waals surface area contributed by atoms with Crippen molar-refractivity contribution in [2.24, 2.45) is 5.73 Å². The second-order valence-corrected chi connectivity index (χ2v) is 6.66. The number of benzene rings is 2. The number of para-hydroxylation sites is 1. The number of fused-ring (bicyclic) bond motifs is 3. The van der Waals surface area contributed by atoms with Crippen LogP contribution in [0.15, 0.2) is 48.5 Å². The van der Waals surface area contributed by atoms with Crippen LogP contribution in [0.2, 0.25) is 0 Å². The van der Waals surface area contributed by atoms with Gasteiger partial charge in [0.1, 0.15) is 5.82 Å². The van der Waals surface area contributed by atoms with Gasteiger partial charge in [0, 0.05) is 16.6 Å². The second-order valence-electron chi connectivity index (χ2n) is 6.66. The van der Waals surface area contributed by atoms with Gasteiger partial charge in [-0.3, -0.25) is 0 Å². The Morgan fingerprint density at radius 3 is 2.87 bits per heavy atom. The van der Waals surface area contributed by atoms with Gasteiger partial charge in [-0.2, -0.15) is 0 Å². The van der Waals surface area contributed by atoms with Crippen LogP contribution < -0.4 is 5.73 Å². The summed E-state index contributed by atoms with van der Waals surface area (Å²) in [5.41, 5.74) is 11.2. The monoisotopic (exact) mass is 308 g/mol. The SMILES string of the molecule is NC1(CCc2cccc(F)c2)CCCc2c1[nH]c1ccccc21. The van der Waals surface area contributed by atoms with E-state index >= 15 is 0 Å². The van der Waals surface area contributed by atoms with Crippen LogP contribution in [0, 0.1) is 5.82 Å². The highest BCUT2D eigenvalue weighted by Crippen LogP contribution is 2.39. The van der Waals surface area contributed by atoms with Gasteiger partial charge in [0.15, 0.2) is 0 Å². The van der Waals surface area contributed by atoms with E-state index in [0.717, 1.165) is 37.7 Å². The maximum absolute atomic E-state index is 13.4. The first-order valence-corrected chi connectivity index (χ1v) is 8.29. The summed E-state index contributed by atoms with van der Waals surface area (Å²) in [5, 5.41) is 1.29. The van der Waals surface area contributed by atoms with Crippen LogP contribution in [0.1, 0.15) is 36.1 Å². The molecule has 0 fully saturated rings. The molecule has 2 aromatic carbocycles. The van der Waals surface area contributed by atoms with Gasteiger partial charge in [0.2, 0.25) is 0 Å². The fourth-order valence-corrected chi connectivity index (χ4v) is 3.90. The fraction of sp³-hybridized carbons (Fsp3) is 0.300. The minimum Gasteiger partial charge on any atom is -0.357 e. The second kappa shape index (κ2) is 5.50. The van der Waals surface area contributed by atoms with Crippen molar-refractivity contribution >= 4 is 10.9 Å². The summed E-state index contributed by atoms with van der Waals surface area (Å²) < 4.78 is 13.4. The first-order chi connectivity index (χ1) is 11.2. The molecule has 0 bridgehead atoms. The van der Waals surface area contributed by atoms with E-state index in [0.29, 0.717) is 0 Å². The zero-order valence-electron chi connectivity index (χ0n) is 13.1. The van der Waals surface area contributed by atoms with Crippen molar-refractivity contribution < 1.29 is 4.39 Å². The summed E-state index contributed by atoms with van der Waals surface area (Å²) in [5.74, 6) is -0.177. The quantitative estimate of drug-likeness (QED) is 0.738. The highest BCUT2D eigenvalue weighted by atomic mass is 19.1. The number of nitrogens with two attached hydrogens (primary N) is 1. The third kappa shape index (κ3) is 2.55. The molecule has 3 aromatic rings. The molecule has 1 unspecified atom stereocenters. The van der Waals surface area contributed by atoms with E-state index in [2.05, 4.69) is 29.2 Å². The summed E-state index contributed by atoms with van der Waals surface area (Å²) in [6.45, 7) is 0. The number of aromatic amines is 1. The van der Waals surface area contributed by atoms with E-state index in [1.165, 1.54) is 28.2 Å². The van der Waals surface area contributed by atoms with Gasteiger partial charge in [-0.05, 0) is 61.4 Å². The molecule has 0 saturated heterocycles. The first kappa shape index (κ1) is 14.5. The van der Waals surface area contributed by atoms with E-state index in [-0.39, 0.29) is 11.4 Å². The van der Waals surface area contributed by atoms with Gasteiger partial charge in [0.05, 0.1) is 5.54 Å². The number of hydrogen-bond acceptors (Lipinski definition) is 1. The van der Waals surface area contributed by atoms with E-state index < -0.39 is 0 Å². The Morgan fingerprint density at radius 1 is 1.13 bits per heavy atom. The molecule has 1 heterocycles. The summed E-state index contributed by atoms with van der Waals surface area (Å²) in [7, 11) is 0. The molecular formula is C20H21FN2. The van der Waals surface area contributed by atoms with Gasteiger partial charge in [-0.1, -0.05) is 30.3 Å². The van der Waals surface area contributed by atoms with E-state index in [9.17, 15) is 4.39 Å². The van der Waals surface area contributed by atoms with Crippen molar-refractivity contribution in [2.75, 3.05) is 0 Å². The lowest BCUT2D eigenvalue weighted by Gasteiger charge is -2.34. The molecular weight excluding hydrogens is 287 g/mol. The molecule has 3 N–H and O–H groups in total. The van der Waals surface area contributed by atoms with E-state index in [1.807, 2.05) is 6.07 Å². The highest BCUT2D eigenvalue weighted by Gasteiger charge is 2.34. The topological polar surface area (TPSA) is 41.8 Å². The molecule has 2 nitrogen and oxygen atoms in total. The summed E-state index contributed by atoms with van der Waals surface area (Å²) >= 11 is 0. The molecule has 4 rings (SSSR count). The molecule has 118 valence electrons. The predicted octanol–water partition coefficient (Wildman–Crippen LogP) is 4.43. The minimum absolute atomic E-state index is 0.177. The van der Waals surface area contributed by atoms with Crippen molar-refractivity contribution in [3.63, 3.8) is 0 Å². The smallest absolute Gasteiger partial charge is 0.123 e. The first-order valence-electron chi connectivity index (χ1n) is 8.29. The number of halogens is 1. The predicted molar refractivity (Wildman–Crippen MR) is 91.8 cm³/mol. The van der Waals surface area contributed by atoms with E-state index in [4.69, 9.17) is 5.73 Å².